The van der Waals surface area contributed by atoms with Crippen LogP contribution in [0, 0.1) is 12.7 Å². The van der Waals surface area contributed by atoms with Crippen LogP contribution in [0.2, 0.25) is 0 Å². The smallest absolute Gasteiger partial charge is 0.130 e. The molecule has 15 heavy (non-hydrogen) atoms. The Bertz CT molecular complexity index is 321. The lowest BCUT2D eigenvalue weighted by molar-refractivity contribution is 0.602. The molecular formula is C13H19FS. The number of thiol groups is 1. The molecule has 0 spiro atoms. The summed E-state index contributed by atoms with van der Waals surface area (Å²) < 4.78 is 13.7. The quantitative estimate of drug-likeness (QED) is 0.562. The average molecular weight is 226 g/mol. The van der Waals surface area contributed by atoms with E-state index in [0.29, 0.717) is 5.75 Å². The largest absolute Gasteiger partial charge is 0.206 e. The molecule has 0 atom stereocenters. The molecule has 0 unspecified atom stereocenters. The van der Waals surface area contributed by atoms with Crippen LogP contribution in [-0.4, -0.2) is 0 Å². The zero-order valence-corrected chi connectivity index (χ0v) is 10.4. The summed E-state index contributed by atoms with van der Waals surface area (Å²) in [5.74, 6) is 0.425. The molecule has 0 bridgehead atoms. The molecule has 0 radical (unpaired) electrons. The molecule has 1 aromatic rings. The molecular weight excluding hydrogens is 207 g/mol. The van der Waals surface area contributed by atoms with Gasteiger partial charge in [0.15, 0.2) is 0 Å². The van der Waals surface area contributed by atoms with E-state index in [0.717, 1.165) is 29.5 Å². The second kappa shape index (κ2) is 6.16. The molecule has 2 heteroatoms. The molecule has 0 amide bonds. The monoisotopic (exact) mass is 226 g/mol. The van der Waals surface area contributed by atoms with Crippen LogP contribution in [-0.2, 0) is 12.2 Å². The fourth-order valence-electron chi connectivity index (χ4n) is 1.75. The number of halogens is 1. The van der Waals surface area contributed by atoms with Gasteiger partial charge in [0.1, 0.15) is 5.82 Å². The fourth-order valence-corrected chi connectivity index (χ4v) is 2.09. The second-order valence-electron chi connectivity index (χ2n) is 3.95. The Morgan fingerprint density at radius 3 is 2.60 bits per heavy atom. The van der Waals surface area contributed by atoms with Gasteiger partial charge in [-0.3, -0.25) is 0 Å². The van der Waals surface area contributed by atoms with Gasteiger partial charge in [-0.1, -0.05) is 31.9 Å². The summed E-state index contributed by atoms with van der Waals surface area (Å²) in [5.41, 5.74) is 2.63. The predicted molar refractivity (Wildman–Crippen MR) is 67.1 cm³/mol. The number of rotatable bonds is 5. The maximum atomic E-state index is 13.7. The van der Waals surface area contributed by atoms with Crippen molar-refractivity contribution in [2.75, 3.05) is 0 Å². The van der Waals surface area contributed by atoms with Gasteiger partial charge >= 0.3 is 0 Å². The van der Waals surface area contributed by atoms with Crippen molar-refractivity contribution < 1.29 is 4.39 Å². The predicted octanol–water partition coefficient (Wildman–Crippen LogP) is 4.30. The number of hydrogen-bond donors (Lipinski definition) is 1. The summed E-state index contributed by atoms with van der Waals surface area (Å²) in [5, 5.41) is 0. The first-order valence-electron chi connectivity index (χ1n) is 5.58. The summed E-state index contributed by atoms with van der Waals surface area (Å²) in [6, 6.07) is 3.91. The van der Waals surface area contributed by atoms with E-state index in [1.54, 1.807) is 6.92 Å². The SMILES string of the molecule is CCCCCc1ccc(C)c(F)c1CS. The van der Waals surface area contributed by atoms with Gasteiger partial charge in [0.05, 0.1) is 0 Å². The van der Waals surface area contributed by atoms with E-state index in [-0.39, 0.29) is 5.82 Å². The summed E-state index contributed by atoms with van der Waals surface area (Å²) in [6.45, 7) is 3.98. The maximum Gasteiger partial charge on any atom is 0.130 e. The zero-order chi connectivity index (χ0) is 11.3. The van der Waals surface area contributed by atoms with E-state index in [1.165, 1.54) is 12.8 Å². The number of unbranched alkanes of at least 4 members (excludes halogenated alkanes) is 2. The van der Waals surface area contributed by atoms with E-state index in [4.69, 9.17) is 0 Å². The first kappa shape index (κ1) is 12.6. The molecule has 0 fully saturated rings. The number of aryl methyl sites for hydroxylation is 2. The van der Waals surface area contributed by atoms with E-state index < -0.39 is 0 Å². The highest BCUT2D eigenvalue weighted by Crippen LogP contribution is 2.21. The highest BCUT2D eigenvalue weighted by atomic mass is 32.1. The van der Waals surface area contributed by atoms with E-state index in [2.05, 4.69) is 19.6 Å². The molecule has 0 aliphatic heterocycles. The molecule has 0 N–H and O–H groups in total. The standard InChI is InChI=1S/C13H19FS/c1-3-4-5-6-11-8-7-10(2)13(14)12(11)9-15/h7-8,15H,3-6,9H2,1-2H3. The third kappa shape index (κ3) is 3.23. The minimum atomic E-state index is -0.0704. The summed E-state index contributed by atoms with van der Waals surface area (Å²) >= 11 is 4.20. The van der Waals surface area contributed by atoms with Crippen LogP contribution in [0.15, 0.2) is 12.1 Å². The normalized spacial score (nSPS) is 10.7. The lowest BCUT2D eigenvalue weighted by Gasteiger charge is -2.10. The highest BCUT2D eigenvalue weighted by molar-refractivity contribution is 7.79. The Morgan fingerprint density at radius 1 is 1.27 bits per heavy atom. The molecule has 84 valence electrons. The first-order valence-corrected chi connectivity index (χ1v) is 6.21. The van der Waals surface area contributed by atoms with Crippen LogP contribution in [0.3, 0.4) is 0 Å². The average Bonchev–Trinajstić information content (AvgIpc) is 2.24. The fraction of sp³-hybridized carbons (Fsp3) is 0.538. The van der Waals surface area contributed by atoms with Crippen LogP contribution < -0.4 is 0 Å². The van der Waals surface area contributed by atoms with Gasteiger partial charge in [0.2, 0.25) is 0 Å². The minimum absolute atomic E-state index is 0.0704. The summed E-state index contributed by atoms with van der Waals surface area (Å²) in [7, 11) is 0. The van der Waals surface area contributed by atoms with Gasteiger partial charge in [0.25, 0.3) is 0 Å². The van der Waals surface area contributed by atoms with Crippen molar-refractivity contribution in [3.05, 3.63) is 34.6 Å². The molecule has 0 saturated carbocycles. The van der Waals surface area contributed by atoms with Gasteiger partial charge < -0.3 is 0 Å². The number of hydrogen-bond acceptors (Lipinski definition) is 1. The van der Waals surface area contributed by atoms with Crippen molar-refractivity contribution in [2.24, 2.45) is 0 Å². The Labute approximate surface area is 97.3 Å². The molecule has 0 heterocycles. The van der Waals surface area contributed by atoms with E-state index >= 15 is 0 Å². The van der Waals surface area contributed by atoms with Crippen molar-refractivity contribution in [1.29, 1.82) is 0 Å². The van der Waals surface area contributed by atoms with Crippen LogP contribution >= 0.6 is 12.6 Å². The zero-order valence-electron chi connectivity index (χ0n) is 9.52. The van der Waals surface area contributed by atoms with Crippen molar-refractivity contribution in [3.8, 4) is 0 Å². The summed E-state index contributed by atoms with van der Waals surface area (Å²) in [6.07, 6.45) is 4.52. The minimum Gasteiger partial charge on any atom is -0.206 e. The van der Waals surface area contributed by atoms with E-state index in [1.807, 2.05) is 12.1 Å². The highest BCUT2D eigenvalue weighted by Gasteiger charge is 2.09. The lowest BCUT2D eigenvalue weighted by atomic mass is 9.99. The van der Waals surface area contributed by atoms with Crippen LogP contribution in [0.1, 0.15) is 42.9 Å². The maximum absolute atomic E-state index is 13.7. The molecule has 0 saturated heterocycles. The van der Waals surface area contributed by atoms with Crippen LogP contribution in [0.5, 0.6) is 0 Å². The topological polar surface area (TPSA) is 0 Å². The molecule has 1 rings (SSSR count). The van der Waals surface area contributed by atoms with Gasteiger partial charge in [-0.25, -0.2) is 4.39 Å². The van der Waals surface area contributed by atoms with Crippen LogP contribution in [0.4, 0.5) is 4.39 Å². The Morgan fingerprint density at radius 2 is 2.00 bits per heavy atom. The van der Waals surface area contributed by atoms with Crippen LogP contribution in [0.25, 0.3) is 0 Å². The lowest BCUT2D eigenvalue weighted by Crippen LogP contribution is -1.98. The van der Waals surface area contributed by atoms with Crippen molar-refractivity contribution in [1.82, 2.24) is 0 Å². The van der Waals surface area contributed by atoms with Gasteiger partial charge in [-0.2, -0.15) is 12.6 Å². The van der Waals surface area contributed by atoms with Crippen molar-refractivity contribution in [3.63, 3.8) is 0 Å². The Balaban J connectivity index is 2.83. The van der Waals surface area contributed by atoms with Gasteiger partial charge in [0, 0.05) is 11.3 Å². The molecule has 0 aliphatic carbocycles. The van der Waals surface area contributed by atoms with Gasteiger partial charge in [-0.05, 0) is 30.9 Å². The van der Waals surface area contributed by atoms with E-state index in [9.17, 15) is 4.39 Å². The molecule has 0 nitrogen and oxygen atoms in total. The van der Waals surface area contributed by atoms with Crippen molar-refractivity contribution in [2.45, 2.75) is 45.3 Å². The third-order valence-electron chi connectivity index (χ3n) is 2.74. The summed E-state index contributed by atoms with van der Waals surface area (Å²) in [4.78, 5) is 0. The molecule has 0 aliphatic rings. The molecule has 1 aromatic carbocycles. The van der Waals surface area contributed by atoms with Crippen molar-refractivity contribution >= 4 is 12.6 Å². The Hall–Kier alpha value is -0.500. The Kier molecular flexibility index (Phi) is 5.16. The van der Waals surface area contributed by atoms with Gasteiger partial charge in [-0.15, -0.1) is 0 Å². The third-order valence-corrected chi connectivity index (χ3v) is 3.06. The first-order chi connectivity index (χ1) is 7.20. The molecule has 0 aromatic heterocycles. The second-order valence-corrected chi connectivity index (χ2v) is 4.27. The number of benzene rings is 1.